The SMILES string of the molecule is NCc1ccc(OCc2no[n+]([O-])c2C(N)=O)cc1. The Kier molecular flexibility index (Phi) is 3.62. The van der Waals surface area contributed by atoms with Gasteiger partial charge in [-0.05, 0) is 22.6 Å². The van der Waals surface area contributed by atoms with Crippen molar-refractivity contribution in [2.45, 2.75) is 13.2 Å². The molecule has 0 aliphatic heterocycles. The van der Waals surface area contributed by atoms with E-state index in [2.05, 4.69) is 9.79 Å². The molecule has 0 atom stereocenters. The second-order valence-corrected chi connectivity index (χ2v) is 3.73. The summed E-state index contributed by atoms with van der Waals surface area (Å²) in [4.78, 5) is 11.0. The average molecular weight is 264 g/mol. The summed E-state index contributed by atoms with van der Waals surface area (Å²) in [5.74, 6) is -0.374. The molecule has 4 N–H and O–H groups in total. The lowest BCUT2D eigenvalue weighted by Gasteiger charge is -2.03. The number of nitrogens with zero attached hydrogens (tertiary/aromatic N) is 2. The van der Waals surface area contributed by atoms with Crippen molar-refractivity contribution in [3.05, 3.63) is 46.4 Å². The van der Waals surface area contributed by atoms with Gasteiger partial charge >= 0.3 is 0 Å². The predicted octanol–water partition coefficient (Wildman–Crippen LogP) is -0.555. The van der Waals surface area contributed by atoms with Crippen molar-refractivity contribution in [1.29, 1.82) is 0 Å². The predicted molar refractivity (Wildman–Crippen MR) is 62.6 cm³/mol. The van der Waals surface area contributed by atoms with Crippen LogP contribution in [0.5, 0.6) is 5.75 Å². The number of carbonyl (C=O) groups excluding carboxylic acids is 1. The number of aromatic nitrogens is 2. The van der Waals surface area contributed by atoms with Crippen LogP contribution in [0.1, 0.15) is 21.7 Å². The zero-order valence-corrected chi connectivity index (χ0v) is 9.91. The Hall–Kier alpha value is -2.61. The van der Waals surface area contributed by atoms with E-state index >= 15 is 0 Å². The molecule has 0 aliphatic rings. The molecule has 1 aromatic heterocycles. The third kappa shape index (κ3) is 2.80. The number of nitrogens with two attached hydrogens (primary N) is 2. The molecular weight excluding hydrogens is 252 g/mol. The molecule has 1 aromatic carbocycles. The van der Waals surface area contributed by atoms with Crippen LogP contribution in [0.4, 0.5) is 0 Å². The first-order valence-electron chi connectivity index (χ1n) is 5.42. The van der Waals surface area contributed by atoms with E-state index in [1.165, 1.54) is 0 Å². The van der Waals surface area contributed by atoms with E-state index in [1.807, 2.05) is 0 Å². The lowest BCUT2D eigenvalue weighted by atomic mass is 10.2. The van der Waals surface area contributed by atoms with E-state index < -0.39 is 5.91 Å². The Morgan fingerprint density at radius 2 is 2.11 bits per heavy atom. The molecule has 0 radical (unpaired) electrons. The second kappa shape index (κ2) is 5.36. The first-order valence-corrected chi connectivity index (χ1v) is 5.42. The average Bonchev–Trinajstić information content (AvgIpc) is 2.78. The molecule has 100 valence electrons. The number of hydrogen-bond acceptors (Lipinski definition) is 6. The highest BCUT2D eigenvalue weighted by Crippen LogP contribution is 2.14. The number of amides is 1. The third-order valence-electron chi connectivity index (χ3n) is 2.45. The molecule has 0 bridgehead atoms. The molecule has 1 heterocycles. The Morgan fingerprint density at radius 3 is 2.68 bits per heavy atom. The van der Waals surface area contributed by atoms with Crippen LogP contribution < -0.4 is 21.1 Å². The Bertz CT molecular complexity index is 579. The molecule has 8 nitrogen and oxygen atoms in total. The first kappa shape index (κ1) is 12.8. The maximum Gasteiger partial charge on any atom is 0.297 e. The minimum Gasteiger partial charge on any atom is -0.485 e. The van der Waals surface area contributed by atoms with Crippen molar-refractivity contribution < 1.29 is 19.1 Å². The highest BCUT2D eigenvalue weighted by molar-refractivity contribution is 5.90. The molecule has 0 spiro atoms. The number of primary amides is 1. The molecule has 1 amide bonds. The standard InChI is InChI=1S/C11H12N4O4/c12-5-7-1-3-8(4-2-7)18-6-9-10(11(13)16)15(17)19-14-9/h1-4H,5-6,12H2,(H2,13,16). The molecule has 0 saturated heterocycles. The van der Waals surface area contributed by atoms with Crippen molar-refractivity contribution in [3.8, 4) is 5.75 Å². The normalized spacial score (nSPS) is 10.4. The van der Waals surface area contributed by atoms with Crippen molar-refractivity contribution in [3.63, 3.8) is 0 Å². The van der Waals surface area contributed by atoms with E-state index in [1.54, 1.807) is 24.3 Å². The highest BCUT2D eigenvalue weighted by atomic mass is 16.8. The lowest BCUT2D eigenvalue weighted by molar-refractivity contribution is -0.803. The van der Waals surface area contributed by atoms with Gasteiger partial charge in [0, 0.05) is 11.7 Å². The second-order valence-electron chi connectivity index (χ2n) is 3.73. The summed E-state index contributed by atoms with van der Waals surface area (Å²) in [6.07, 6.45) is 0. The number of rotatable bonds is 5. The molecule has 0 saturated carbocycles. The Labute approximate surface area is 108 Å². The zero-order chi connectivity index (χ0) is 13.8. The fraction of sp³-hybridized carbons (Fsp3) is 0.182. The van der Waals surface area contributed by atoms with Gasteiger partial charge < -0.3 is 21.4 Å². The van der Waals surface area contributed by atoms with E-state index in [-0.39, 0.29) is 22.9 Å². The van der Waals surface area contributed by atoms with Gasteiger partial charge in [0.15, 0.2) is 6.61 Å². The van der Waals surface area contributed by atoms with Crippen LogP contribution in [-0.4, -0.2) is 11.1 Å². The van der Waals surface area contributed by atoms with Crippen LogP contribution in [0.2, 0.25) is 0 Å². The van der Waals surface area contributed by atoms with Crippen LogP contribution in [0.25, 0.3) is 0 Å². The van der Waals surface area contributed by atoms with Gasteiger partial charge in [-0.2, -0.15) is 0 Å². The van der Waals surface area contributed by atoms with Gasteiger partial charge in [0.2, 0.25) is 0 Å². The smallest absolute Gasteiger partial charge is 0.297 e. The molecule has 0 unspecified atom stereocenters. The molecule has 19 heavy (non-hydrogen) atoms. The third-order valence-corrected chi connectivity index (χ3v) is 2.45. The number of ether oxygens (including phenoxy) is 1. The van der Waals surface area contributed by atoms with Gasteiger partial charge in [-0.15, -0.1) is 0 Å². The van der Waals surface area contributed by atoms with Gasteiger partial charge in [-0.3, -0.25) is 9.42 Å². The van der Waals surface area contributed by atoms with Crippen molar-refractivity contribution in [1.82, 2.24) is 5.16 Å². The summed E-state index contributed by atoms with van der Waals surface area (Å²) in [7, 11) is 0. The quantitative estimate of drug-likeness (QED) is 0.696. The molecule has 0 aliphatic carbocycles. The van der Waals surface area contributed by atoms with E-state index in [0.717, 1.165) is 5.56 Å². The summed E-state index contributed by atoms with van der Waals surface area (Å²) in [6.45, 7) is 0.338. The summed E-state index contributed by atoms with van der Waals surface area (Å²) in [5, 5.41) is 14.5. The maximum atomic E-state index is 11.1. The van der Waals surface area contributed by atoms with E-state index in [9.17, 15) is 10.0 Å². The minimum absolute atomic E-state index is 0.0431. The summed E-state index contributed by atoms with van der Waals surface area (Å²) in [5.41, 5.74) is 11.2. The Balaban J connectivity index is 2.08. The van der Waals surface area contributed by atoms with Crippen LogP contribution in [-0.2, 0) is 13.2 Å². The molecule has 2 rings (SSSR count). The van der Waals surface area contributed by atoms with Crippen LogP contribution in [0.15, 0.2) is 28.9 Å². The number of carbonyl (C=O) groups is 1. The Morgan fingerprint density at radius 1 is 1.42 bits per heavy atom. The van der Waals surface area contributed by atoms with Gasteiger partial charge in [0.05, 0.1) is 0 Å². The van der Waals surface area contributed by atoms with E-state index in [0.29, 0.717) is 12.3 Å². The van der Waals surface area contributed by atoms with Gasteiger partial charge in [-0.1, -0.05) is 12.1 Å². The summed E-state index contributed by atoms with van der Waals surface area (Å²) in [6, 6.07) is 7.05. The van der Waals surface area contributed by atoms with Crippen molar-refractivity contribution in [2.75, 3.05) is 0 Å². The number of benzene rings is 1. The van der Waals surface area contributed by atoms with Crippen LogP contribution >= 0.6 is 0 Å². The van der Waals surface area contributed by atoms with Crippen molar-refractivity contribution in [2.24, 2.45) is 11.5 Å². The molecule has 8 heteroatoms. The molecular formula is C11H12N4O4. The fourth-order valence-electron chi connectivity index (χ4n) is 1.48. The lowest BCUT2D eigenvalue weighted by Crippen LogP contribution is -2.35. The van der Waals surface area contributed by atoms with Gasteiger partial charge in [0.25, 0.3) is 17.3 Å². The zero-order valence-electron chi connectivity index (χ0n) is 9.91. The van der Waals surface area contributed by atoms with Gasteiger partial charge in [0.1, 0.15) is 5.75 Å². The topological polar surface area (TPSA) is 131 Å². The van der Waals surface area contributed by atoms with Crippen LogP contribution in [0, 0.1) is 5.21 Å². The van der Waals surface area contributed by atoms with Crippen molar-refractivity contribution >= 4 is 5.91 Å². The van der Waals surface area contributed by atoms with E-state index in [4.69, 9.17) is 16.2 Å². The minimum atomic E-state index is -0.923. The monoisotopic (exact) mass is 264 g/mol. The molecule has 0 fully saturated rings. The molecule has 2 aromatic rings. The summed E-state index contributed by atoms with van der Waals surface area (Å²) >= 11 is 0. The number of hydrogen-bond donors (Lipinski definition) is 2. The maximum absolute atomic E-state index is 11.1. The van der Waals surface area contributed by atoms with Gasteiger partial charge in [-0.25, -0.2) is 0 Å². The largest absolute Gasteiger partial charge is 0.485 e. The fourth-order valence-corrected chi connectivity index (χ4v) is 1.48. The van der Waals surface area contributed by atoms with Crippen LogP contribution in [0.3, 0.4) is 0 Å². The first-order chi connectivity index (χ1) is 9.11. The summed E-state index contributed by atoms with van der Waals surface area (Å²) < 4.78 is 9.67. The highest BCUT2D eigenvalue weighted by Gasteiger charge is 2.24.